The Kier molecular flexibility index (Phi) is 8.14. The number of carbonyl (C=O) groups is 1. The summed E-state index contributed by atoms with van der Waals surface area (Å²) in [5.41, 5.74) is 9.43. The average Bonchev–Trinajstić information content (AvgIpc) is 2.77. The van der Waals surface area contributed by atoms with Gasteiger partial charge in [-0.1, -0.05) is 38.1 Å². The summed E-state index contributed by atoms with van der Waals surface area (Å²) in [4.78, 5) is 15.7. The molecule has 0 aliphatic carbocycles. The Balaban J connectivity index is 2.01. The minimum Gasteiger partial charge on any atom is -0.492 e. The molecule has 8 nitrogen and oxygen atoms in total. The highest BCUT2D eigenvalue weighted by molar-refractivity contribution is 7.92. The first-order valence-corrected chi connectivity index (χ1v) is 12.8. The molecule has 186 valence electrons. The summed E-state index contributed by atoms with van der Waals surface area (Å²) in [7, 11) is -4.11. The van der Waals surface area contributed by atoms with E-state index < -0.39 is 16.0 Å². The summed E-state index contributed by atoms with van der Waals surface area (Å²) in [5, 5.41) is 9.22. The largest absolute Gasteiger partial charge is 0.492 e. The van der Waals surface area contributed by atoms with Crippen molar-refractivity contribution in [2.45, 2.75) is 45.1 Å². The van der Waals surface area contributed by atoms with Crippen LogP contribution in [0, 0.1) is 19.8 Å². The number of nitrogens with zero attached hydrogens (tertiary/aromatic N) is 1. The third kappa shape index (κ3) is 6.80. The Hall–Kier alpha value is -3.43. The molecule has 0 radical (unpaired) electrons. The molecule has 3 rings (SSSR count). The van der Waals surface area contributed by atoms with E-state index in [1.165, 1.54) is 24.3 Å². The number of pyridine rings is 1. The van der Waals surface area contributed by atoms with E-state index in [1.807, 2.05) is 32.0 Å². The molecule has 0 saturated carbocycles. The molecule has 0 fully saturated rings. The highest BCUT2D eigenvalue weighted by Crippen LogP contribution is 2.31. The summed E-state index contributed by atoms with van der Waals surface area (Å²) in [6, 6.07) is 14.1. The van der Waals surface area contributed by atoms with Crippen molar-refractivity contribution >= 4 is 21.8 Å². The minimum atomic E-state index is -4.11. The van der Waals surface area contributed by atoms with Crippen molar-refractivity contribution in [2.24, 2.45) is 11.7 Å². The molecule has 0 spiro atoms. The summed E-state index contributed by atoms with van der Waals surface area (Å²) >= 11 is 0. The van der Waals surface area contributed by atoms with E-state index in [-0.39, 0.29) is 28.9 Å². The molecule has 1 heterocycles. The molecule has 2 aromatic carbocycles. The van der Waals surface area contributed by atoms with E-state index in [2.05, 4.69) is 23.6 Å². The zero-order valence-corrected chi connectivity index (χ0v) is 21.1. The van der Waals surface area contributed by atoms with Crippen LogP contribution in [0.1, 0.15) is 41.8 Å². The quantitative estimate of drug-likeness (QED) is 0.372. The lowest BCUT2D eigenvalue weighted by molar-refractivity contribution is 0.0696. The first-order valence-electron chi connectivity index (χ1n) is 11.3. The number of carboxylic acid groups (broad SMARTS) is 1. The molecule has 1 atom stereocenters. The van der Waals surface area contributed by atoms with Gasteiger partial charge in [-0.25, -0.2) is 18.2 Å². The zero-order chi connectivity index (χ0) is 25.8. The number of aromatic nitrogens is 1. The molecule has 1 aromatic heterocycles. The van der Waals surface area contributed by atoms with E-state index in [4.69, 9.17) is 10.5 Å². The maximum absolute atomic E-state index is 13.1. The van der Waals surface area contributed by atoms with Crippen LogP contribution in [-0.2, 0) is 10.0 Å². The summed E-state index contributed by atoms with van der Waals surface area (Å²) < 4.78 is 34.5. The summed E-state index contributed by atoms with van der Waals surface area (Å²) in [5.74, 6) is -0.321. The topological polar surface area (TPSA) is 132 Å². The Bertz CT molecular complexity index is 1300. The van der Waals surface area contributed by atoms with Gasteiger partial charge in [0.05, 0.1) is 16.2 Å². The Morgan fingerprint density at radius 2 is 1.74 bits per heavy atom. The number of nitrogens with two attached hydrogens (primary N) is 1. The van der Waals surface area contributed by atoms with Gasteiger partial charge in [0.25, 0.3) is 10.0 Å². The number of ether oxygens (including phenoxy) is 1. The van der Waals surface area contributed by atoms with Crippen LogP contribution in [0.4, 0.5) is 5.82 Å². The molecule has 0 aliphatic rings. The smallest absolute Gasteiger partial charge is 0.335 e. The van der Waals surface area contributed by atoms with Crippen molar-refractivity contribution in [1.29, 1.82) is 0 Å². The van der Waals surface area contributed by atoms with Gasteiger partial charge in [-0.2, -0.15) is 0 Å². The van der Waals surface area contributed by atoms with Crippen LogP contribution >= 0.6 is 0 Å². The van der Waals surface area contributed by atoms with Gasteiger partial charge in [0.15, 0.2) is 0 Å². The summed E-state index contributed by atoms with van der Waals surface area (Å²) in [6.45, 7) is 8.34. The van der Waals surface area contributed by atoms with Crippen LogP contribution in [0.2, 0.25) is 0 Å². The second kappa shape index (κ2) is 10.9. The number of hydrogen-bond donors (Lipinski definition) is 3. The number of aryl methyl sites for hydroxylation is 2. The molecule has 3 aromatic rings. The maximum atomic E-state index is 13.1. The van der Waals surface area contributed by atoms with E-state index >= 15 is 0 Å². The predicted octanol–water partition coefficient (Wildman–Crippen LogP) is 4.62. The van der Waals surface area contributed by atoms with Crippen molar-refractivity contribution in [1.82, 2.24) is 4.98 Å². The van der Waals surface area contributed by atoms with Gasteiger partial charge in [0.1, 0.15) is 18.2 Å². The first kappa shape index (κ1) is 26.2. The fourth-order valence-electron chi connectivity index (χ4n) is 3.86. The van der Waals surface area contributed by atoms with Crippen LogP contribution in [0.3, 0.4) is 0 Å². The van der Waals surface area contributed by atoms with Crippen molar-refractivity contribution in [3.8, 4) is 17.0 Å². The van der Waals surface area contributed by atoms with E-state index in [9.17, 15) is 18.3 Å². The second-order valence-electron chi connectivity index (χ2n) is 8.98. The second-order valence-corrected chi connectivity index (χ2v) is 10.7. The minimum absolute atomic E-state index is 0.0540. The van der Waals surface area contributed by atoms with Crippen LogP contribution in [0.25, 0.3) is 11.3 Å². The molecular formula is C26H31N3O5S. The van der Waals surface area contributed by atoms with Gasteiger partial charge in [0, 0.05) is 23.7 Å². The highest BCUT2D eigenvalue weighted by Gasteiger charge is 2.19. The molecule has 0 saturated heterocycles. The number of aromatic carboxylic acids is 1. The average molecular weight is 498 g/mol. The number of hydrogen-bond acceptors (Lipinski definition) is 6. The molecule has 0 aliphatic heterocycles. The third-order valence-corrected chi connectivity index (χ3v) is 6.76. The normalized spacial score (nSPS) is 12.4. The molecule has 4 N–H and O–H groups in total. The standard InChI is InChI=1S/C26H31N3O5S/c1-16(2)11-20(27)15-34-21-13-23(25-17(3)7-5-8-18(25)4)28-24(14-21)29-35(32,33)22-10-6-9-19(12-22)26(30)31/h5-10,12-14,16,20H,11,15,27H2,1-4H3,(H,28,29)(H,30,31)/t20-/m1/s1. The molecule has 0 amide bonds. The van der Waals surface area contributed by atoms with Gasteiger partial charge in [-0.3, -0.25) is 4.72 Å². The molecule has 9 heteroatoms. The first-order chi connectivity index (χ1) is 16.5. The van der Waals surface area contributed by atoms with Gasteiger partial charge < -0.3 is 15.6 Å². The summed E-state index contributed by atoms with van der Waals surface area (Å²) in [6.07, 6.45) is 0.786. The number of nitrogens with one attached hydrogen (secondary N) is 1. The van der Waals surface area contributed by atoms with Crippen LogP contribution in [-0.4, -0.2) is 37.1 Å². The van der Waals surface area contributed by atoms with E-state index in [1.54, 1.807) is 6.07 Å². The van der Waals surface area contributed by atoms with Crippen molar-refractivity contribution in [3.05, 3.63) is 71.3 Å². The fourth-order valence-corrected chi connectivity index (χ4v) is 4.89. The number of carboxylic acids is 1. The van der Waals surface area contributed by atoms with Crippen LogP contribution in [0.15, 0.2) is 59.5 Å². The lowest BCUT2D eigenvalue weighted by Crippen LogP contribution is -2.29. The Labute approximate surface area is 206 Å². The zero-order valence-electron chi connectivity index (χ0n) is 20.3. The maximum Gasteiger partial charge on any atom is 0.335 e. The van der Waals surface area contributed by atoms with Crippen LogP contribution in [0.5, 0.6) is 5.75 Å². The SMILES string of the molecule is Cc1cccc(C)c1-c1cc(OC[C@H](N)CC(C)C)cc(NS(=O)(=O)c2cccc(C(=O)O)c2)n1. The lowest BCUT2D eigenvalue weighted by Gasteiger charge is -2.17. The Morgan fingerprint density at radius 1 is 1.09 bits per heavy atom. The fraction of sp³-hybridized carbons (Fsp3) is 0.308. The lowest BCUT2D eigenvalue weighted by atomic mass is 9.99. The van der Waals surface area contributed by atoms with Gasteiger partial charge >= 0.3 is 5.97 Å². The number of rotatable bonds is 10. The highest BCUT2D eigenvalue weighted by atomic mass is 32.2. The third-order valence-electron chi connectivity index (χ3n) is 5.40. The van der Waals surface area contributed by atoms with Crippen molar-refractivity contribution in [3.63, 3.8) is 0 Å². The van der Waals surface area contributed by atoms with Gasteiger partial charge in [-0.15, -0.1) is 0 Å². The number of sulfonamides is 1. The van der Waals surface area contributed by atoms with Gasteiger partial charge in [-0.05, 0) is 55.5 Å². The van der Waals surface area contributed by atoms with Crippen molar-refractivity contribution in [2.75, 3.05) is 11.3 Å². The molecule has 0 bridgehead atoms. The van der Waals surface area contributed by atoms with E-state index in [0.29, 0.717) is 17.4 Å². The van der Waals surface area contributed by atoms with Crippen LogP contribution < -0.4 is 15.2 Å². The number of anilines is 1. The van der Waals surface area contributed by atoms with Gasteiger partial charge in [0.2, 0.25) is 0 Å². The predicted molar refractivity (Wildman–Crippen MR) is 136 cm³/mol. The molecule has 0 unspecified atom stereocenters. The molecule has 35 heavy (non-hydrogen) atoms. The molecular weight excluding hydrogens is 466 g/mol. The van der Waals surface area contributed by atoms with E-state index in [0.717, 1.165) is 29.2 Å². The monoisotopic (exact) mass is 497 g/mol. The van der Waals surface area contributed by atoms with Crippen molar-refractivity contribution < 1.29 is 23.1 Å². The number of benzene rings is 2. The Morgan fingerprint density at radius 3 is 2.37 bits per heavy atom.